The van der Waals surface area contributed by atoms with Crippen LogP contribution in [0.5, 0.6) is 0 Å². The fraction of sp³-hybridized carbons (Fsp3) is 0.600. The quantitative estimate of drug-likeness (QED) is 0.621. The van der Waals surface area contributed by atoms with Crippen LogP contribution in [-0.4, -0.2) is 29.7 Å². The van der Waals surface area contributed by atoms with E-state index in [1.54, 1.807) is 0 Å². The van der Waals surface area contributed by atoms with Crippen molar-refractivity contribution in [2.24, 2.45) is 0 Å². The molecule has 5 heteroatoms. The third-order valence-electron chi connectivity index (χ3n) is 1.94. The molecule has 1 heterocycles. The number of nitrogens with zero attached hydrogens (tertiary/aromatic N) is 2. The highest BCUT2D eigenvalue weighted by atomic mass is 35.5. The molecule has 0 saturated heterocycles. The molecule has 0 aliphatic carbocycles. The summed E-state index contributed by atoms with van der Waals surface area (Å²) in [6, 6.07) is 0. The molecule has 0 atom stereocenters. The van der Waals surface area contributed by atoms with Gasteiger partial charge in [0, 0.05) is 18.7 Å². The predicted molar refractivity (Wildman–Crippen MR) is 61.5 cm³/mol. The highest BCUT2D eigenvalue weighted by Gasteiger charge is 2.06. The number of nitrogens with one attached hydrogen (secondary N) is 1. The SMILES string of the molecule is CCOCCNc1nc(C)nc(Cl)c1C. The van der Waals surface area contributed by atoms with Gasteiger partial charge in [0.1, 0.15) is 16.8 Å². The van der Waals surface area contributed by atoms with E-state index < -0.39 is 0 Å². The second kappa shape index (κ2) is 5.88. The molecule has 0 aromatic carbocycles. The molecule has 0 amide bonds. The highest BCUT2D eigenvalue weighted by Crippen LogP contribution is 2.18. The van der Waals surface area contributed by atoms with Crippen molar-refractivity contribution in [3.63, 3.8) is 0 Å². The van der Waals surface area contributed by atoms with Crippen molar-refractivity contribution < 1.29 is 4.74 Å². The molecule has 4 nitrogen and oxygen atoms in total. The maximum atomic E-state index is 5.94. The lowest BCUT2D eigenvalue weighted by atomic mass is 10.3. The van der Waals surface area contributed by atoms with E-state index in [4.69, 9.17) is 16.3 Å². The number of aryl methyl sites for hydroxylation is 1. The Labute approximate surface area is 95.0 Å². The van der Waals surface area contributed by atoms with Gasteiger partial charge in [-0.2, -0.15) is 0 Å². The molecule has 0 saturated carbocycles. The van der Waals surface area contributed by atoms with Gasteiger partial charge in [-0.15, -0.1) is 0 Å². The first-order chi connectivity index (χ1) is 7.15. The molecule has 0 spiro atoms. The van der Waals surface area contributed by atoms with Gasteiger partial charge < -0.3 is 10.1 Å². The molecule has 1 aromatic rings. The first-order valence-corrected chi connectivity index (χ1v) is 5.35. The van der Waals surface area contributed by atoms with Crippen LogP contribution in [0.3, 0.4) is 0 Å². The summed E-state index contributed by atoms with van der Waals surface area (Å²) in [5.74, 6) is 1.46. The predicted octanol–water partition coefficient (Wildman–Crippen LogP) is 2.20. The minimum atomic E-state index is 0.501. The van der Waals surface area contributed by atoms with Gasteiger partial charge >= 0.3 is 0 Å². The van der Waals surface area contributed by atoms with Crippen LogP contribution in [0.4, 0.5) is 5.82 Å². The van der Waals surface area contributed by atoms with Crippen molar-refractivity contribution in [1.82, 2.24) is 9.97 Å². The Bertz CT molecular complexity index is 331. The maximum Gasteiger partial charge on any atom is 0.137 e. The molecule has 0 fully saturated rings. The van der Waals surface area contributed by atoms with Crippen LogP contribution >= 0.6 is 11.6 Å². The molecule has 84 valence electrons. The lowest BCUT2D eigenvalue weighted by molar-refractivity contribution is 0.158. The molecule has 0 unspecified atom stereocenters. The molecule has 0 bridgehead atoms. The van der Waals surface area contributed by atoms with Crippen molar-refractivity contribution >= 4 is 17.4 Å². The summed E-state index contributed by atoms with van der Waals surface area (Å²) in [6.07, 6.45) is 0. The lowest BCUT2D eigenvalue weighted by Crippen LogP contribution is -2.12. The van der Waals surface area contributed by atoms with Crippen molar-refractivity contribution in [2.75, 3.05) is 25.1 Å². The van der Waals surface area contributed by atoms with Crippen LogP contribution < -0.4 is 5.32 Å². The number of aromatic nitrogens is 2. The number of rotatable bonds is 5. The molecule has 0 aliphatic heterocycles. The second-order valence-corrected chi connectivity index (χ2v) is 3.52. The summed E-state index contributed by atoms with van der Waals surface area (Å²) in [5.41, 5.74) is 0.874. The number of ether oxygens (including phenoxy) is 1. The molecular weight excluding hydrogens is 214 g/mol. The van der Waals surface area contributed by atoms with E-state index in [1.807, 2.05) is 20.8 Å². The molecule has 1 aromatic heterocycles. The smallest absolute Gasteiger partial charge is 0.137 e. The Morgan fingerprint density at radius 1 is 1.33 bits per heavy atom. The Hall–Kier alpha value is -0.870. The van der Waals surface area contributed by atoms with Crippen LogP contribution in [0.25, 0.3) is 0 Å². The molecular formula is C10H16ClN3O. The van der Waals surface area contributed by atoms with Gasteiger partial charge in [-0.3, -0.25) is 0 Å². The zero-order chi connectivity index (χ0) is 11.3. The van der Waals surface area contributed by atoms with E-state index in [-0.39, 0.29) is 0 Å². The Morgan fingerprint density at radius 3 is 2.73 bits per heavy atom. The Morgan fingerprint density at radius 2 is 2.07 bits per heavy atom. The summed E-state index contributed by atoms with van der Waals surface area (Å²) in [5, 5.41) is 3.67. The average Bonchev–Trinajstić information content (AvgIpc) is 2.19. The summed E-state index contributed by atoms with van der Waals surface area (Å²) < 4.78 is 5.22. The second-order valence-electron chi connectivity index (χ2n) is 3.16. The first kappa shape index (κ1) is 12.2. The van der Waals surface area contributed by atoms with Gasteiger partial charge in [0.05, 0.1) is 6.61 Å². The molecule has 0 radical (unpaired) electrons. The summed E-state index contributed by atoms with van der Waals surface area (Å²) in [7, 11) is 0. The Kier molecular flexibility index (Phi) is 4.78. The molecule has 1 rings (SSSR count). The van der Waals surface area contributed by atoms with Crippen LogP contribution in [0.15, 0.2) is 0 Å². The van der Waals surface area contributed by atoms with E-state index in [0.29, 0.717) is 17.6 Å². The topological polar surface area (TPSA) is 47.0 Å². The van der Waals surface area contributed by atoms with E-state index in [9.17, 15) is 0 Å². The van der Waals surface area contributed by atoms with Gasteiger partial charge in [-0.05, 0) is 20.8 Å². The summed E-state index contributed by atoms with van der Waals surface area (Å²) in [4.78, 5) is 8.33. The van der Waals surface area contributed by atoms with Gasteiger partial charge in [-0.1, -0.05) is 11.6 Å². The zero-order valence-electron chi connectivity index (χ0n) is 9.30. The number of hydrogen-bond donors (Lipinski definition) is 1. The zero-order valence-corrected chi connectivity index (χ0v) is 10.1. The summed E-state index contributed by atoms with van der Waals surface area (Å²) in [6.45, 7) is 7.79. The number of hydrogen-bond acceptors (Lipinski definition) is 4. The van der Waals surface area contributed by atoms with Crippen molar-refractivity contribution in [3.8, 4) is 0 Å². The van der Waals surface area contributed by atoms with E-state index >= 15 is 0 Å². The van der Waals surface area contributed by atoms with E-state index in [1.165, 1.54) is 0 Å². The normalized spacial score (nSPS) is 10.4. The van der Waals surface area contributed by atoms with E-state index in [0.717, 1.165) is 24.5 Å². The largest absolute Gasteiger partial charge is 0.380 e. The first-order valence-electron chi connectivity index (χ1n) is 4.97. The molecule has 1 N–H and O–H groups in total. The maximum absolute atomic E-state index is 5.94. The van der Waals surface area contributed by atoms with E-state index in [2.05, 4.69) is 15.3 Å². The van der Waals surface area contributed by atoms with Crippen molar-refractivity contribution in [3.05, 3.63) is 16.5 Å². The standard InChI is InChI=1S/C10H16ClN3O/c1-4-15-6-5-12-10-7(2)9(11)13-8(3)14-10/h4-6H2,1-3H3,(H,12,13,14). The number of halogens is 1. The fourth-order valence-corrected chi connectivity index (χ4v) is 1.36. The van der Waals surface area contributed by atoms with Crippen LogP contribution in [-0.2, 0) is 4.74 Å². The Balaban J connectivity index is 2.60. The number of anilines is 1. The minimum absolute atomic E-state index is 0.501. The minimum Gasteiger partial charge on any atom is -0.380 e. The average molecular weight is 230 g/mol. The van der Waals surface area contributed by atoms with Gasteiger partial charge in [-0.25, -0.2) is 9.97 Å². The monoisotopic (exact) mass is 229 g/mol. The van der Waals surface area contributed by atoms with Crippen LogP contribution in [0.2, 0.25) is 5.15 Å². The van der Waals surface area contributed by atoms with Gasteiger partial charge in [0.15, 0.2) is 0 Å². The highest BCUT2D eigenvalue weighted by molar-refractivity contribution is 6.30. The third-order valence-corrected chi connectivity index (χ3v) is 2.31. The van der Waals surface area contributed by atoms with Crippen LogP contribution in [0, 0.1) is 13.8 Å². The van der Waals surface area contributed by atoms with Crippen molar-refractivity contribution in [1.29, 1.82) is 0 Å². The molecule has 0 aliphatic rings. The van der Waals surface area contributed by atoms with Gasteiger partial charge in [0.2, 0.25) is 0 Å². The molecule has 15 heavy (non-hydrogen) atoms. The summed E-state index contributed by atoms with van der Waals surface area (Å²) >= 11 is 5.94. The third kappa shape index (κ3) is 3.64. The van der Waals surface area contributed by atoms with Crippen LogP contribution in [0.1, 0.15) is 18.3 Å². The lowest BCUT2D eigenvalue weighted by Gasteiger charge is -2.09. The van der Waals surface area contributed by atoms with Gasteiger partial charge in [0.25, 0.3) is 0 Å². The fourth-order valence-electron chi connectivity index (χ4n) is 1.15. The van der Waals surface area contributed by atoms with Crippen molar-refractivity contribution in [2.45, 2.75) is 20.8 Å².